The van der Waals surface area contributed by atoms with Crippen molar-refractivity contribution < 1.29 is 0 Å². The first-order valence-corrected chi connectivity index (χ1v) is 10.4. The van der Waals surface area contributed by atoms with Crippen LogP contribution in [-0.2, 0) is 0 Å². The van der Waals surface area contributed by atoms with Crippen LogP contribution in [0.5, 0.6) is 0 Å². The van der Waals surface area contributed by atoms with Crippen LogP contribution in [0.2, 0.25) is 0 Å². The van der Waals surface area contributed by atoms with Crippen molar-refractivity contribution in [3.05, 3.63) is 91.5 Å². The van der Waals surface area contributed by atoms with Gasteiger partial charge in [-0.3, -0.25) is 4.79 Å². The van der Waals surface area contributed by atoms with Crippen molar-refractivity contribution in [2.45, 2.75) is 27.7 Å². The maximum atomic E-state index is 13.1. The normalized spacial score (nSPS) is 12.5. The van der Waals surface area contributed by atoms with Gasteiger partial charge in [-0.15, -0.1) is 0 Å². The average molecular weight is 400 g/mol. The molecule has 0 N–H and O–H groups in total. The van der Waals surface area contributed by atoms with E-state index in [0.717, 1.165) is 38.6 Å². The smallest absolute Gasteiger partial charge is 0.274 e. The number of hydrogen-bond donors (Lipinski definition) is 0. The third-order valence-corrected chi connectivity index (χ3v) is 6.62. The molecule has 5 heteroatoms. The Kier molecular flexibility index (Phi) is 3.96. The highest BCUT2D eigenvalue weighted by Crippen LogP contribution is 2.23. The summed E-state index contributed by atoms with van der Waals surface area (Å²) in [7, 11) is 0. The van der Waals surface area contributed by atoms with Crippen LogP contribution < -0.4 is 10.1 Å². The lowest BCUT2D eigenvalue weighted by molar-refractivity contribution is 0.961. The fourth-order valence-corrected chi connectivity index (χ4v) is 4.93. The summed E-state index contributed by atoms with van der Waals surface area (Å²) in [6, 6.07) is 16.4. The number of imidazole rings is 1. The molecule has 5 aromatic rings. The first kappa shape index (κ1) is 17.9. The molecule has 0 aliphatic carbocycles. The Labute approximate surface area is 172 Å². The second kappa shape index (κ2) is 6.42. The van der Waals surface area contributed by atoms with Crippen molar-refractivity contribution in [2.24, 2.45) is 0 Å². The van der Waals surface area contributed by atoms with Gasteiger partial charge in [-0.05, 0) is 80.8 Å². The number of aromatic nitrogens is 3. The zero-order valence-electron chi connectivity index (χ0n) is 16.9. The minimum absolute atomic E-state index is 0.00492. The topological polar surface area (TPSA) is 39.3 Å². The third-order valence-electron chi connectivity index (χ3n) is 5.65. The lowest BCUT2D eigenvalue weighted by atomic mass is 10.1. The Hall–Kier alpha value is -3.18. The van der Waals surface area contributed by atoms with Crippen LogP contribution in [0.4, 0.5) is 0 Å². The predicted molar refractivity (Wildman–Crippen MR) is 120 cm³/mol. The van der Waals surface area contributed by atoms with Crippen LogP contribution in [0.25, 0.3) is 27.8 Å². The molecule has 0 fully saturated rings. The van der Waals surface area contributed by atoms with Crippen LogP contribution in [-0.4, -0.2) is 14.0 Å². The van der Waals surface area contributed by atoms with Crippen molar-refractivity contribution in [1.29, 1.82) is 0 Å². The predicted octanol–water partition coefficient (Wildman–Crippen LogP) is 4.48. The first-order valence-electron chi connectivity index (χ1n) is 9.62. The Morgan fingerprint density at radius 1 is 0.966 bits per heavy atom. The summed E-state index contributed by atoms with van der Waals surface area (Å²) < 4.78 is 4.67. The standard InChI is InChI=1S/C24H21N3OS/c1-14-9-10-19(11-15(14)2)26-16(3)12-18(17(26)4)13-22-23(28)27-21-8-6-5-7-20(21)25-24(27)29-22/h5-13H,1-4H3/b22-13+. The van der Waals surface area contributed by atoms with Crippen molar-refractivity contribution in [2.75, 3.05) is 0 Å². The molecule has 0 spiro atoms. The Bertz CT molecular complexity index is 1520. The van der Waals surface area contributed by atoms with E-state index in [9.17, 15) is 4.79 Å². The molecule has 0 bridgehead atoms. The van der Waals surface area contributed by atoms with Gasteiger partial charge >= 0.3 is 0 Å². The van der Waals surface area contributed by atoms with E-state index >= 15 is 0 Å². The maximum absolute atomic E-state index is 13.1. The molecule has 3 aromatic heterocycles. The van der Waals surface area contributed by atoms with Gasteiger partial charge in [0.25, 0.3) is 5.56 Å². The highest BCUT2D eigenvalue weighted by atomic mass is 32.1. The summed E-state index contributed by atoms with van der Waals surface area (Å²) in [6.45, 7) is 8.47. The van der Waals surface area contributed by atoms with E-state index in [1.54, 1.807) is 4.40 Å². The number of aryl methyl sites for hydroxylation is 3. The van der Waals surface area contributed by atoms with Gasteiger partial charge in [0.1, 0.15) is 0 Å². The van der Waals surface area contributed by atoms with E-state index in [1.165, 1.54) is 22.5 Å². The van der Waals surface area contributed by atoms with Gasteiger partial charge in [0.15, 0.2) is 4.96 Å². The van der Waals surface area contributed by atoms with Crippen molar-refractivity contribution >= 4 is 33.4 Å². The fourth-order valence-electron chi connectivity index (χ4n) is 3.95. The molecule has 0 saturated carbocycles. The van der Waals surface area contributed by atoms with Crippen LogP contribution in [0.1, 0.15) is 28.1 Å². The van der Waals surface area contributed by atoms with Gasteiger partial charge in [-0.25, -0.2) is 9.38 Å². The molecule has 144 valence electrons. The van der Waals surface area contributed by atoms with Crippen LogP contribution >= 0.6 is 11.3 Å². The second-order valence-corrected chi connectivity index (χ2v) is 8.57. The van der Waals surface area contributed by atoms with Gasteiger partial charge in [0, 0.05) is 17.1 Å². The second-order valence-electron chi connectivity index (χ2n) is 7.56. The first-order chi connectivity index (χ1) is 13.9. The molecule has 29 heavy (non-hydrogen) atoms. The molecule has 0 aliphatic heterocycles. The SMILES string of the molecule is Cc1ccc(-n2c(C)cc(/C=c3/sc4nc5ccccc5n4c3=O)c2C)cc1C. The molecule has 0 radical (unpaired) electrons. The highest BCUT2D eigenvalue weighted by molar-refractivity contribution is 7.15. The van der Waals surface area contributed by atoms with Crippen LogP contribution in [0.15, 0.2) is 53.3 Å². The van der Waals surface area contributed by atoms with E-state index in [4.69, 9.17) is 0 Å². The van der Waals surface area contributed by atoms with E-state index in [-0.39, 0.29) is 5.56 Å². The van der Waals surface area contributed by atoms with Crippen LogP contribution in [0.3, 0.4) is 0 Å². The summed E-state index contributed by atoms with van der Waals surface area (Å²) >= 11 is 1.44. The molecule has 4 nitrogen and oxygen atoms in total. The van der Waals surface area contributed by atoms with E-state index in [2.05, 4.69) is 61.5 Å². The molecule has 0 amide bonds. The minimum atomic E-state index is -0.00492. The van der Waals surface area contributed by atoms with Gasteiger partial charge in [0.05, 0.1) is 15.6 Å². The van der Waals surface area contributed by atoms with Gasteiger partial charge in [0.2, 0.25) is 0 Å². The van der Waals surface area contributed by atoms with Crippen LogP contribution in [0, 0.1) is 27.7 Å². The zero-order valence-corrected chi connectivity index (χ0v) is 17.7. The molecule has 2 aromatic carbocycles. The Morgan fingerprint density at radius 2 is 1.76 bits per heavy atom. The minimum Gasteiger partial charge on any atom is -0.318 e. The lowest BCUT2D eigenvalue weighted by Gasteiger charge is -2.11. The van der Waals surface area contributed by atoms with Gasteiger partial charge < -0.3 is 4.57 Å². The largest absolute Gasteiger partial charge is 0.318 e. The Morgan fingerprint density at radius 3 is 2.55 bits per heavy atom. The molecular weight excluding hydrogens is 378 g/mol. The van der Waals surface area contributed by atoms with Gasteiger partial charge in [-0.1, -0.05) is 29.5 Å². The molecular formula is C24H21N3OS. The maximum Gasteiger partial charge on any atom is 0.274 e. The van der Waals surface area contributed by atoms with E-state index in [1.807, 2.05) is 30.3 Å². The fraction of sp³-hybridized carbons (Fsp3) is 0.167. The number of para-hydroxylation sites is 2. The molecule has 0 aliphatic rings. The molecule has 5 rings (SSSR count). The summed E-state index contributed by atoms with van der Waals surface area (Å²) in [5, 5.41) is 0. The van der Waals surface area contributed by atoms with Crippen molar-refractivity contribution in [1.82, 2.24) is 14.0 Å². The number of rotatable bonds is 2. The van der Waals surface area contributed by atoms with Gasteiger partial charge in [-0.2, -0.15) is 0 Å². The Balaban J connectivity index is 1.69. The summed E-state index contributed by atoms with van der Waals surface area (Å²) in [5.41, 5.74) is 8.76. The third kappa shape index (κ3) is 2.73. The van der Waals surface area contributed by atoms with E-state index in [0.29, 0.717) is 4.53 Å². The summed E-state index contributed by atoms with van der Waals surface area (Å²) in [4.78, 5) is 18.4. The number of hydrogen-bond acceptors (Lipinski definition) is 3. The number of benzene rings is 2. The molecule has 0 atom stereocenters. The zero-order chi connectivity index (χ0) is 20.3. The van der Waals surface area contributed by atoms with Crippen molar-refractivity contribution in [3.8, 4) is 5.69 Å². The molecule has 0 saturated heterocycles. The van der Waals surface area contributed by atoms with E-state index < -0.39 is 0 Å². The number of thiazole rings is 1. The summed E-state index contributed by atoms with van der Waals surface area (Å²) in [5.74, 6) is 0. The average Bonchev–Trinajstić information content (AvgIpc) is 3.29. The summed E-state index contributed by atoms with van der Waals surface area (Å²) in [6.07, 6.45) is 2.00. The highest BCUT2D eigenvalue weighted by Gasteiger charge is 2.13. The molecule has 3 heterocycles. The quantitative estimate of drug-likeness (QED) is 0.439. The number of fused-ring (bicyclic) bond motifs is 3. The molecule has 0 unspecified atom stereocenters. The monoisotopic (exact) mass is 399 g/mol. The number of nitrogens with zero attached hydrogens (tertiary/aromatic N) is 3. The lowest BCUT2D eigenvalue weighted by Crippen LogP contribution is -2.22. The van der Waals surface area contributed by atoms with Crippen molar-refractivity contribution in [3.63, 3.8) is 0 Å².